The van der Waals surface area contributed by atoms with E-state index in [-0.39, 0.29) is 29.9 Å². The maximum atomic E-state index is 13.1. The fourth-order valence-corrected chi connectivity index (χ4v) is 4.53. The van der Waals surface area contributed by atoms with Crippen LogP contribution in [0.3, 0.4) is 0 Å². The Kier molecular flexibility index (Phi) is 5.24. The zero-order valence-electron chi connectivity index (χ0n) is 15.9. The van der Waals surface area contributed by atoms with Gasteiger partial charge in [0.05, 0.1) is 12.7 Å². The van der Waals surface area contributed by atoms with Gasteiger partial charge in [-0.1, -0.05) is 41.9 Å². The summed E-state index contributed by atoms with van der Waals surface area (Å²) in [5.74, 6) is -0.883. The fraction of sp³-hybridized carbons (Fsp3) is 0.261. The number of carbonyl (C=O) groups is 3. The van der Waals surface area contributed by atoms with E-state index >= 15 is 0 Å². The standard InChI is InChI=1S/C23H20ClNO4/c1-29-23(28)14-8-6-13(7-9-14)17-12-21(27)25-19-10-15(11-20(26)22(17)19)16-4-2-3-5-18(16)24/h2-9,15,17H,10-12H2,1H3,(H,25,27)/t15-,17-/m1/s1. The Morgan fingerprint density at radius 2 is 1.76 bits per heavy atom. The number of rotatable bonds is 3. The Balaban J connectivity index is 1.68. The Morgan fingerprint density at radius 1 is 1.03 bits per heavy atom. The van der Waals surface area contributed by atoms with Crippen molar-refractivity contribution in [3.05, 3.63) is 81.5 Å². The van der Waals surface area contributed by atoms with E-state index in [1.165, 1.54) is 7.11 Å². The van der Waals surface area contributed by atoms with Crippen molar-refractivity contribution in [3.63, 3.8) is 0 Å². The van der Waals surface area contributed by atoms with E-state index in [0.29, 0.717) is 34.7 Å². The third kappa shape index (κ3) is 3.70. The van der Waals surface area contributed by atoms with Crippen LogP contribution < -0.4 is 5.32 Å². The van der Waals surface area contributed by atoms with Gasteiger partial charge in [-0.2, -0.15) is 0 Å². The number of hydrogen-bond donors (Lipinski definition) is 1. The lowest BCUT2D eigenvalue weighted by Gasteiger charge is -2.34. The van der Waals surface area contributed by atoms with Crippen molar-refractivity contribution in [1.29, 1.82) is 0 Å². The maximum absolute atomic E-state index is 13.1. The molecular formula is C23H20ClNO4. The summed E-state index contributed by atoms with van der Waals surface area (Å²) in [4.78, 5) is 37.2. The lowest BCUT2D eigenvalue weighted by molar-refractivity contribution is -0.122. The highest BCUT2D eigenvalue weighted by Gasteiger charge is 2.38. The van der Waals surface area contributed by atoms with Gasteiger partial charge in [0.15, 0.2) is 5.78 Å². The molecule has 0 radical (unpaired) electrons. The summed E-state index contributed by atoms with van der Waals surface area (Å²) in [6, 6.07) is 14.4. The third-order valence-electron chi connectivity index (χ3n) is 5.62. The lowest BCUT2D eigenvalue weighted by Crippen LogP contribution is -2.38. The topological polar surface area (TPSA) is 72.5 Å². The smallest absolute Gasteiger partial charge is 0.337 e. The summed E-state index contributed by atoms with van der Waals surface area (Å²) in [6.07, 6.45) is 1.13. The van der Waals surface area contributed by atoms with Crippen LogP contribution in [0.4, 0.5) is 0 Å². The molecular weight excluding hydrogens is 390 g/mol. The van der Waals surface area contributed by atoms with E-state index in [1.807, 2.05) is 24.3 Å². The van der Waals surface area contributed by atoms with Crippen molar-refractivity contribution in [2.24, 2.45) is 0 Å². The van der Waals surface area contributed by atoms with Crippen molar-refractivity contribution < 1.29 is 19.1 Å². The van der Waals surface area contributed by atoms with Crippen molar-refractivity contribution in [2.45, 2.75) is 31.1 Å². The minimum atomic E-state index is -0.422. The Bertz CT molecular complexity index is 1030. The molecule has 2 aromatic rings. The zero-order chi connectivity index (χ0) is 20.5. The molecule has 5 nitrogen and oxygen atoms in total. The quantitative estimate of drug-likeness (QED) is 0.773. The predicted octanol–water partition coefficient (Wildman–Crippen LogP) is 4.13. The number of methoxy groups -OCH3 is 1. The number of ether oxygens (including phenoxy) is 1. The SMILES string of the molecule is COC(=O)c1ccc([C@H]2CC(=O)NC3=C2C(=O)C[C@H](c2ccccc2Cl)C3)cc1. The molecule has 29 heavy (non-hydrogen) atoms. The number of carbonyl (C=O) groups excluding carboxylic acids is 3. The van der Waals surface area contributed by atoms with Crippen LogP contribution in [0.15, 0.2) is 59.8 Å². The van der Waals surface area contributed by atoms with Crippen LogP contribution in [0.1, 0.15) is 52.6 Å². The van der Waals surface area contributed by atoms with Gasteiger partial charge in [0.25, 0.3) is 0 Å². The van der Waals surface area contributed by atoms with Crippen molar-refractivity contribution in [3.8, 4) is 0 Å². The van der Waals surface area contributed by atoms with Crippen LogP contribution in [0.2, 0.25) is 5.02 Å². The van der Waals surface area contributed by atoms with Crippen LogP contribution in [-0.4, -0.2) is 24.8 Å². The Hall–Kier alpha value is -2.92. The minimum Gasteiger partial charge on any atom is -0.465 e. The molecule has 0 spiro atoms. The molecule has 1 aliphatic heterocycles. The van der Waals surface area contributed by atoms with Crippen molar-refractivity contribution >= 4 is 29.3 Å². The van der Waals surface area contributed by atoms with Crippen LogP contribution in [0.5, 0.6) is 0 Å². The molecule has 6 heteroatoms. The normalized spacial score (nSPS) is 21.4. The van der Waals surface area contributed by atoms with Gasteiger partial charge in [0.1, 0.15) is 0 Å². The summed E-state index contributed by atoms with van der Waals surface area (Å²) in [5.41, 5.74) is 3.54. The molecule has 1 heterocycles. The van der Waals surface area contributed by atoms with Gasteiger partial charge in [-0.25, -0.2) is 4.79 Å². The van der Waals surface area contributed by atoms with Gasteiger partial charge in [0, 0.05) is 35.1 Å². The summed E-state index contributed by atoms with van der Waals surface area (Å²) in [6.45, 7) is 0. The molecule has 0 bridgehead atoms. The second-order valence-corrected chi connectivity index (χ2v) is 7.77. The monoisotopic (exact) mass is 409 g/mol. The number of halogens is 1. The Morgan fingerprint density at radius 3 is 2.45 bits per heavy atom. The molecule has 4 rings (SSSR count). The van der Waals surface area contributed by atoms with Gasteiger partial charge < -0.3 is 10.1 Å². The average Bonchev–Trinajstić information content (AvgIpc) is 2.72. The van der Waals surface area contributed by atoms with Crippen LogP contribution in [0, 0.1) is 0 Å². The van der Waals surface area contributed by atoms with Crippen LogP contribution in [-0.2, 0) is 14.3 Å². The highest BCUT2D eigenvalue weighted by molar-refractivity contribution is 6.31. The first-order chi connectivity index (χ1) is 14.0. The number of esters is 1. The van der Waals surface area contributed by atoms with Gasteiger partial charge in [0.2, 0.25) is 5.91 Å². The highest BCUT2D eigenvalue weighted by Crippen LogP contribution is 2.43. The summed E-state index contributed by atoms with van der Waals surface area (Å²) < 4.78 is 4.73. The van der Waals surface area contributed by atoms with Gasteiger partial charge in [-0.05, 0) is 41.7 Å². The van der Waals surface area contributed by atoms with Crippen LogP contribution in [0.25, 0.3) is 0 Å². The van der Waals surface area contributed by atoms with E-state index in [4.69, 9.17) is 16.3 Å². The maximum Gasteiger partial charge on any atom is 0.337 e. The summed E-state index contributed by atoms with van der Waals surface area (Å²) in [7, 11) is 1.33. The average molecular weight is 410 g/mol. The number of allylic oxidation sites excluding steroid dienone is 2. The second-order valence-electron chi connectivity index (χ2n) is 7.36. The predicted molar refractivity (Wildman–Crippen MR) is 109 cm³/mol. The van der Waals surface area contributed by atoms with Gasteiger partial charge >= 0.3 is 5.97 Å². The first-order valence-electron chi connectivity index (χ1n) is 9.46. The second kappa shape index (κ2) is 7.84. The molecule has 2 aliphatic rings. The number of ketones is 1. The van der Waals surface area contributed by atoms with E-state index in [2.05, 4.69) is 5.32 Å². The number of benzene rings is 2. The lowest BCUT2D eigenvalue weighted by atomic mass is 9.73. The largest absolute Gasteiger partial charge is 0.465 e. The fourth-order valence-electron chi connectivity index (χ4n) is 4.24. The van der Waals surface area contributed by atoms with E-state index in [9.17, 15) is 14.4 Å². The number of Topliss-reactive ketones (excluding diaryl/α,β-unsaturated/α-hetero) is 1. The first kappa shape index (κ1) is 19.4. The minimum absolute atomic E-state index is 0.0261. The van der Waals surface area contributed by atoms with E-state index in [0.717, 1.165) is 11.1 Å². The molecule has 148 valence electrons. The molecule has 0 saturated heterocycles. The molecule has 1 N–H and O–H groups in total. The van der Waals surface area contributed by atoms with Crippen molar-refractivity contribution in [2.75, 3.05) is 7.11 Å². The zero-order valence-corrected chi connectivity index (χ0v) is 16.7. The van der Waals surface area contributed by atoms with Gasteiger partial charge in [-0.15, -0.1) is 0 Å². The molecule has 0 saturated carbocycles. The molecule has 1 aliphatic carbocycles. The molecule has 0 fully saturated rings. The summed E-state index contributed by atoms with van der Waals surface area (Å²) >= 11 is 6.33. The molecule has 0 unspecified atom stereocenters. The van der Waals surface area contributed by atoms with E-state index < -0.39 is 5.97 Å². The Labute approximate surface area is 173 Å². The molecule has 2 atom stereocenters. The number of amides is 1. The summed E-state index contributed by atoms with van der Waals surface area (Å²) in [5, 5.41) is 3.54. The molecule has 1 amide bonds. The number of nitrogens with one attached hydrogen (secondary N) is 1. The van der Waals surface area contributed by atoms with Gasteiger partial charge in [-0.3, -0.25) is 9.59 Å². The van der Waals surface area contributed by atoms with E-state index in [1.54, 1.807) is 24.3 Å². The molecule has 0 aromatic heterocycles. The van der Waals surface area contributed by atoms with Crippen molar-refractivity contribution in [1.82, 2.24) is 5.32 Å². The van der Waals surface area contributed by atoms with Crippen LogP contribution >= 0.6 is 11.6 Å². The number of hydrogen-bond acceptors (Lipinski definition) is 4. The first-order valence-corrected chi connectivity index (χ1v) is 9.84. The highest BCUT2D eigenvalue weighted by atomic mass is 35.5. The molecule has 2 aromatic carbocycles. The third-order valence-corrected chi connectivity index (χ3v) is 5.96.